The average Bonchev–Trinajstić information content (AvgIpc) is 3.18. The Bertz CT molecular complexity index is 1090. The van der Waals surface area contributed by atoms with Gasteiger partial charge in [0.05, 0.1) is 16.8 Å². The Hall–Kier alpha value is -2.37. The Balaban J connectivity index is 2.00. The van der Waals surface area contributed by atoms with Crippen LogP contribution >= 0.6 is 23.2 Å². The third-order valence-corrected chi connectivity index (χ3v) is 5.61. The number of nitrogens with zero attached hydrogens (tertiary/aromatic N) is 2. The summed E-state index contributed by atoms with van der Waals surface area (Å²) in [5.74, 6) is -0.878. The molecule has 3 aromatic rings. The maximum absolute atomic E-state index is 14.9. The first-order valence-electron chi connectivity index (χ1n) is 8.93. The van der Waals surface area contributed by atoms with Crippen LogP contribution < -0.4 is 4.90 Å². The van der Waals surface area contributed by atoms with Crippen molar-refractivity contribution in [2.45, 2.75) is 32.7 Å². The number of anilines is 1. The second-order valence-corrected chi connectivity index (χ2v) is 8.05. The molecule has 1 aliphatic heterocycles. The fourth-order valence-corrected chi connectivity index (χ4v) is 4.17. The summed E-state index contributed by atoms with van der Waals surface area (Å²) in [5.41, 5.74) is 3.82. The molecule has 0 fully saturated rings. The third-order valence-electron chi connectivity index (χ3n) is 5.08. The van der Waals surface area contributed by atoms with Gasteiger partial charge in [0.1, 0.15) is 0 Å². The van der Waals surface area contributed by atoms with Crippen molar-refractivity contribution in [2.75, 3.05) is 4.90 Å². The molecule has 0 saturated carbocycles. The fraction of sp³-hybridized carbons (Fsp3) is 0.238. The molecule has 0 aliphatic carbocycles. The minimum atomic E-state index is -0.630. The van der Waals surface area contributed by atoms with Crippen LogP contribution in [0.25, 0.3) is 0 Å². The Labute approximate surface area is 172 Å². The number of aromatic nitrogens is 2. The molecule has 0 radical (unpaired) electrons. The smallest absolute Gasteiger partial charge is 0.280 e. The molecule has 144 valence electrons. The first-order valence-corrected chi connectivity index (χ1v) is 9.68. The number of halogens is 3. The molecule has 0 unspecified atom stereocenters. The van der Waals surface area contributed by atoms with Crippen LogP contribution in [0.4, 0.5) is 10.1 Å². The summed E-state index contributed by atoms with van der Waals surface area (Å²) in [5, 5.41) is 7.81. The number of amides is 1. The first kappa shape index (κ1) is 19.0. The molecule has 7 heteroatoms. The van der Waals surface area contributed by atoms with Crippen LogP contribution in [0, 0.1) is 12.7 Å². The number of benzene rings is 2. The van der Waals surface area contributed by atoms with E-state index >= 15 is 0 Å². The number of carbonyl (C=O) groups excluding carboxylic acids is 1. The van der Waals surface area contributed by atoms with Gasteiger partial charge in [-0.2, -0.15) is 5.10 Å². The van der Waals surface area contributed by atoms with E-state index in [-0.39, 0.29) is 22.5 Å². The van der Waals surface area contributed by atoms with E-state index in [1.807, 2.05) is 32.9 Å². The number of carbonyl (C=O) groups is 1. The monoisotopic (exact) mass is 417 g/mol. The minimum Gasteiger partial charge on any atom is -0.292 e. The highest BCUT2D eigenvalue weighted by Gasteiger charge is 2.44. The SMILES string of the molecule is Cc1cc(Cl)ccc1[C@H]1c2c(n[nH]c2C(C)C)C(=O)N1c1cccc(Cl)c1F. The maximum Gasteiger partial charge on any atom is 0.280 e. The zero-order valence-electron chi connectivity index (χ0n) is 15.6. The van der Waals surface area contributed by atoms with Crippen LogP contribution in [-0.2, 0) is 0 Å². The highest BCUT2D eigenvalue weighted by molar-refractivity contribution is 6.31. The number of rotatable bonds is 3. The summed E-state index contributed by atoms with van der Waals surface area (Å²) in [6.07, 6.45) is 0. The minimum absolute atomic E-state index is 0.0351. The molecular weight excluding hydrogens is 400 g/mol. The highest BCUT2D eigenvalue weighted by atomic mass is 35.5. The van der Waals surface area contributed by atoms with Crippen LogP contribution in [0.3, 0.4) is 0 Å². The van der Waals surface area contributed by atoms with Crippen molar-refractivity contribution in [2.24, 2.45) is 0 Å². The Morgan fingerprint density at radius 2 is 1.96 bits per heavy atom. The largest absolute Gasteiger partial charge is 0.292 e. The fourth-order valence-electron chi connectivity index (χ4n) is 3.77. The van der Waals surface area contributed by atoms with Crippen molar-refractivity contribution < 1.29 is 9.18 Å². The van der Waals surface area contributed by atoms with Crippen molar-refractivity contribution in [3.8, 4) is 0 Å². The number of nitrogens with one attached hydrogen (secondary N) is 1. The Morgan fingerprint density at radius 1 is 1.21 bits per heavy atom. The van der Waals surface area contributed by atoms with Gasteiger partial charge >= 0.3 is 0 Å². The van der Waals surface area contributed by atoms with E-state index < -0.39 is 11.9 Å². The molecule has 0 bridgehead atoms. The van der Waals surface area contributed by atoms with Gasteiger partial charge in [0.2, 0.25) is 0 Å². The predicted octanol–water partition coefficient (Wildman–Crippen LogP) is 6.04. The molecule has 0 spiro atoms. The zero-order chi connectivity index (χ0) is 20.2. The summed E-state index contributed by atoms with van der Waals surface area (Å²) >= 11 is 12.1. The van der Waals surface area contributed by atoms with Crippen molar-refractivity contribution in [1.82, 2.24) is 10.2 Å². The molecular formula is C21H18Cl2FN3O. The van der Waals surface area contributed by atoms with Crippen molar-refractivity contribution in [3.63, 3.8) is 0 Å². The van der Waals surface area contributed by atoms with E-state index in [4.69, 9.17) is 23.2 Å². The lowest BCUT2D eigenvalue weighted by molar-refractivity contribution is 0.0988. The van der Waals surface area contributed by atoms with E-state index in [1.165, 1.54) is 11.0 Å². The second-order valence-electron chi connectivity index (χ2n) is 7.21. The summed E-state index contributed by atoms with van der Waals surface area (Å²) < 4.78 is 14.9. The van der Waals surface area contributed by atoms with Crippen LogP contribution in [0.15, 0.2) is 36.4 Å². The summed E-state index contributed by atoms with van der Waals surface area (Å²) in [6, 6.07) is 9.60. The van der Waals surface area contributed by atoms with Crippen molar-refractivity contribution >= 4 is 34.8 Å². The van der Waals surface area contributed by atoms with E-state index in [0.717, 1.165) is 22.4 Å². The lowest BCUT2D eigenvalue weighted by Gasteiger charge is -2.28. The summed E-state index contributed by atoms with van der Waals surface area (Å²) in [7, 11) is 0. The Morgan fingerprint density at radius 3 is 2.64 bits per heavy atom. The molecule has 0 saturated heterocycles. The van der Waals surface area contributed by atoms with Crippen LogP contribution in [0.2, 0.25) is 10.0 Å². The van der Waals surface area contributed by atoms with Gasteiger partial charge in [-0.1, -0.05) is 49.2 Å². The standard InChI is InChI=1S/C21H18Cl2FN3O/c1-10(2)18-16-19(26-25-18)21(28)27(15-6-4-5-14(23)17(15)24)20(16)13-8-7-12(22)9-11(13)3/h4-10,20H,1-3H3,(H,25,26)/t20-/m0/s1. The van der Waals surface area contributed by atoms with Crippen LogP contribution in [-0.4, -0.2) is 16.1 Å². The molecule has 1 N–H and O–H groups in total. The molecule has 2 heterocycles. The topological polar surface area (TPSA) is 49.0 Å². The number of hydrogen-bond donors (Lipinski definition) is 1. The average molecular weight is 418 g/mol. The predicted molar refractivity (Wildman–Crippen MR) is 109 cm³/mol. The van der Waals surface area contributed by atoms with E-state index in [2.05, 4.69) is 10.2 Å². The number of H-pyrrole nitrogens is 1. The van der Waals surface area contributed by atoms with E-state index in [1.54, 1.807) is 18.2 Å². The third kappa shape index (κ3) is 2.81. The van der Waals surface area contributed by atoms with Crippen LogP contribution in [0.5, 0.6) is 0 Å². The number of hydrogen-bond acceptors (Lipinski definition) is 2. The molecule has 1 aliphatic rings. The van der Waals surface area contributed by atoms with Gasteiger partial charge in [-0.25, -0.2) is 4.39 Å². The van der Waals surface area contributed by atoms with E-state index in [9.17, 15) is 9.18 Å². The molecule has 1 amide bonds. The van der Waals surface area contributed by atoms with Gasteiger partial charge in [-0.15, -0.1) is 0 Å². The van der Waals surface area contributed by atoms with Gasteiger partial charge in [0.25, 0.3) is 5.91 Å². The number of fused-ring (bicyclic) bond motifs is 1. The van der Waals surface area contributed by atoms with Gasteiger partial charge in [0.15, 0.2) is 11.5 Å². The summed E-state index contributed by atoms with van der Waals surface area (Å²) in [4.78, 5) is 14.7. The molecule has 1 aromatic heterocycles. The number of aromatic amines is 1. The van der Waals surface area contributed by atoms with Crippen molar-refractivity contribution in [3.05, 3.63) is 80.3 Å². The molecule has 1 atom stereocenters. The van der Waals surface area contributed by atoms with E-state index in [0.29, 0.717) is 10.7 Å². The van der Waals surface area contributed by atoms with Gasteiger partial charge in [0, 0.05) is 16.3 Å². The summed E-state index contributed by atoms with van der Waals surface area (Å²) in [6.45, 7) is 5.96. The lowest BCUT2D eigenvalue weighted by atomic mass is 9.92. The number of aryl methyl sites for hydroxylation is 1. The molecule has 4 rings (SSSR count). The maximum atomic E-state index is 14.9. The Kier molecular flexibility index (Phi) is 4.68. The first-order chi connectivity index (χ1) is 13.3. The second kappa shape index (κ2) is 6.90. The van der Waals surface area contributed by atoms with Crippen molar-refractivity contribution in [1.29, 1.82) is 0 Å². The molecule has 4 nitrogen and oxygen atoms in total. The zero-order valence-corrected chi connectivity index (χ0v) is 17.1. The quantitative estimate of drug-likeness (QED) is 0.564. The van der Waals surface area contributed by atoms with Crippen LogP contribution in [0.1, 0.15) is 58.7 Å². The molecule has 28 heavy (non-hydrogen) atoms. The van der Waals surface area contributed by atoms with Gasteiger partial charge in [-0.05, 0) is 48.2 Å². The van der Waals surface area contributed by atoms with Gasteiger partial charge < -0.3 is 0 Å². The normalized spacial score (nSPS) is 16.2. The highest BCUT2D eigenvalue weighted by Crippen LogP contribution is 2.46. The molecule has 2 aromatic carbocycles. The van der Waals surface area contributed by atoms with Gasteiger partial charge in [-0.3, -0.25) is 14.8 Å². The lowest BCUT2D eigenvalue weighted by Crippen LogP contribution is -2.30.